The summed E-state index contributed by atoms with van der Waals surface area (Å²) in [5.74, 6) is -0.605. The van der Waals surface area contributed by atoms with Gasteiger partial charge >= 0.3 is 0 Å². The first-order chi connectivity index (χ1) is 11.6. The highest BCUT2D eigenvalue weighted by Crippen LogP contribution is 2.19. The summed E-state index contributed by atoms with van der Waals surface area (Å²) in [5.41, 5.74) is 0.285. The number of carbonyl (C=O) groups excluding carboxylic acids is 1. The monoisotopic (exact) mass is 334 g/mol. The molecule has 0 saturated carbocycles. The van der Waals surface area contributed by atoms with Gasteiger partial charge in [0.05, 0.1) is 18.7 Å². The van der Waals surface area contributed by atoms with Crippen LogP contribution in [0.4, 0.5) is 8.78 Å². The Balaban J connectivity index is 1.52. The standard InChI is InChI=1S/C18H20F2N2O2/c19-15-6-5-13(17(20)9-15)10-21-18(23)14-3-1-7-22(11-14)12-16-4-2-8-24-16/h2,4-6,8-9,14H,1,3,7,10-12H2,(H,21,23). The molecule has 1 aliphatic heterocycles. The first-order valence-corrected chi connectivity index (χ1v) is 8.08. The van der Waals surface area contributed by atoms with E-state index in [1.807, 2.05) is 12.1 Å². The van der Waals surface area contributed by atoms with Crippen molar-refractivity contribution in [2.24, 2.45) is 5.92 Å². The van der Waals surface area contributed by atoms with Crippen molar-refractivity contribution in [3.8, 4) is 0 Å². The van der Waals surface area contributed by atoms with E-state index in [4.69, 9.17) is 4.42 Å². The number of furan rings is 1. The highest BCUT2D eigenvalue weighted by atomic mass is 19.1. The summed E-state index contributed by atoms with van der Waals surface area (Å²) in [6, 6.07) is 7.14. The number of hydrogen-bond acceptors (Lipinski definition) is 3. The third-order valence-electron chi connectivity index (χ3n) is 4.30. The molecule has 128 valence electrons. The highest BCUT2D eigenvalue weighted by molar-refractivity contribution is 5.78. The SMILES string of the molecule is O=C(NCc1ccc(F)cc1F)C1CCCN(Cc2ccco2)C1. The van der Waals surface area contributed by atoms with Crippen LogP contribution in [-0.2, 0) is 17.9 Å². The Bertz CT molecular complexity index is 688. The van der Waals surface area contributed by atoms with Gasteiger partial charge in [0, 0.05) is 24.7 Å². The largest absolute Gasteiger partial charge is 0.468 e. The highest BCUT2D eigenvalue weighted by Gasteiger charge is 2.26. The lowest BCUT2D eigenvalue weighted by atomic mass is 9.97. The summed E-state index contributed by atoms with van der Waals surface area (Å²) < 4.78 is 31.8. The zero-order chi connectivity index (χ0) is 16.9. The van der Waals surface area contributed by atoms with E-state index < -0.39 is 11.6 Å². The molecular formula is C18H20F2N2O2. The topological polar surface area (TPSA) is 45.5 Å². The first-order valence-electron chi connectivity index (χ1n) is 8.08. The third kappa shape index (κ3) is 4.20. The Morgan fingerprint density at radius 3 is 2.96 bits per heavy atom. The van der Waals surface area contributed by atoms with Crippen LogP contribution in [0.2, 0.25) is 0 Å². The molecule has 1 aliphatic rings. The number of hydrogen-bond donors (Lipinski definition) is 1. The average molecular weight is 334 g/mol. The van der Waals surface area contributed by atoms with Crippen LogP contribution in [0, 0.1) is 17.6 Å². The van der Waals surface area contributed by atoms with Gasteiger partial charge in [-0.2, -0.15) is 0 Å². The zero-order valence-electron chi connectivity index (χ0n) is 13.3. The van der Waals surface area contributed by atoms with Crippen molar-refractivity contribution in [1.29, 1.82) is 0 Å². The molecule has 0 aliphatic carbocycles. The molecule has 4 nitrogen and oxygen atoms in total. The van der Waals surface area contributed by atoms with E-state index in [1.165, 1.54) is 12.1 Å². The molecule has 0 spiro atoms. The van der Waals surface area contributed by atoms with E-state index in [0.29, 0.717) is 13.1 Å². The first kappa shape index (κ1) is 16.6. The lowest BCUT2D eigenvalue weighted by molar-refractivity contribution is -0.127. The summed E-state index contributed by atoms with van der Waals surface area (Å²) in [6.45, 7) is 2.33. The lowest BCUT2D eigenvalue weighted by Gasteiger charge is -2.31. The average Bonchev–Trinajstić information content (AvgIpc) is 3.07. The van der Waals surface area contributed by atoms with Crippen molar-refractivity contribution in [3.63, 3.8) is 0 Å². The number of nitrogens with one attached hydrogen (secondary N) is 1. The molecule has 1 fully saturated rings. The molecule has 1 amide bonds. The molecule has 1 unspecified atom stereocenters. The number of benzene rings is 1. The van der Waals surface area contributed by atoms with Crippen molar-refractivity contribution < 1.29 is 18.0 Å². The van der Waals surface area contributed by atoms with Crippen LogP contribution in [0.5, 0.6) is 0 Å². The van der Waals surface area contributed by atoms with Crippen LogP contribution in [0.25, 0.3) is 0 Å². The maximum Gasteiger partial charge on any atom is 0.224 e. The Kier molecular flexibility index (Phi) is 5.25. The number of likely N-dealkylation sites (tertiary alicyclic amines) is 1. The van der Waals surface area contributed by atoms with Gasteiger partial charge in [0.15, 0.2) is 0 Å². The van der Waals surface area contributed by atoms with Gasteiger partial charge < -0.3 is 9.73 Å². The fraction of sp³-hybridized carbons (Fsp3) is 0.389. The minimum Gasteiger partial charge on any atom is -0.468 e. The van der Waals surface area contributed by atoms with Crippen molar-refractivity contribution >= 4 is 5.91 Å². The van der Waals surface area contributed by atoms with Gasteiger partial charge in [0.1, 0.15) is 17.4 Å². The van der Waals surface area contributed by atoms with Crippen LogP contribution in [0.15, 0.2) is 41.0 Å². The van der Waals surface area contributed by atoms with Gasteiger partial charge in [-0.15, -0.1) is 0 Å². The van der Waals surface area contributed by atoms with Crippen LogP contribution in [-0.4, -0.2) is 23.9 Å². The summed E-state index contributed by atoms with van der Waals surface area (Å²) in [6.07, 6.45) is 3.39. The van der Waals surface area contributed by atoms with Crippen molar-refractivity contribution in [1.82, 2.24) is 10.2 Å². The normalized spacial score (nSPS) is 18.5. The molecule has 1 aromatic carbocycles. The number of halogens is 2. The fourth-order valence-electron chi connectivity index (χ4n) is 3.03. The molecule has 1 aromatic heterocycles. The Morgan fingerprint density at radius 2 is 2.21 bits per heavy atom. The van der Waals surface area contributed by atoms with Crippen LogP contribution >= 0.6 is 0 Å². The van der Waals surface area contributed by atoms with Gasteiger partial charge in [-0.3, -0.25) is 9.69 Å². The minimum atomic E-state index is -0.640. The quantitative estimate of drug-likeness (QED) is 0.914. The predicted octanol–water partition coefficient (Wildman–Crippen LogP) is 3.09. The van der Waals surface area contributed by atoms with E-state index in [0.717, 1.165) is 31.2 Å². The molecule has 2 aromatic rings. The lowest BCUT2D eigenvalue weighted by Crippen LogP contribution is -2.42. The molecule has 1 saturated heterocycles. The molecule has 2 heterocycles. The maximum atomic E-state index is 13.6. The molecule has 0 bridgehead atoms. The van der Waals surface area contributed by atoms with Crippen LogP contribution < -0.4 is 5.32 Å². The van der Waals surface area contributed by atoms with E-state index in [1.54, 1.807) is 6.26 Å². The zero-order valence-corrected chi connectivity index (χ0v) is 13.3. The van der Waals surface area contributed by atoms with Gasteiger partial charge in [0.25, 0.3) is 0 Å². The molecule has 6 heteroatoms. The van der Waals surface area contributed by atoms with E-state index >= 15 is 0 Å². The molecular weight excluding hydrogens is 314 g/mol. The van der Waals surface area contributed by atoms with Crippen molar-refractivity contribution in [2.45, 2.75) is 25.9 Å². The van der Waals surface area contributed by atoms with Crippen molar-refractivity contribution in [2.75, 3.05) is 13.1 Å². The predicted molar refractivity (Wildman–Crippen MR) is 84.9 cm³/mol. The fourth-order valence-corrected chi connectivity index (χ4v) is 3.03. The smallest absolute Gasteiger partial charge is 0.224 e. The Morgan fingerprint density at radius 1 is 1.33 bits per heavy atom. The van der Waals surface area contributed by atoms with Gasteiger partial charge in [-0.05, 0) is 37.6 Å². The van der Waals surface area contributed by atoms with E-state index in [-0.39, 0.29) is 23.9 Å². The van der Waals surface area contributed by atoms with Crippen LogP contribution in [0.3, 0.4) is 0 Å². The Hall–Kier alpha value is -2.21. The van der Waals surface area contributed by atoms with E-state index in [2.05, 4.69) is 10.2 Å². The second kappa shape index (κ2) is 7.57. The second-order valence-corrected chi connectivity index (χ2v) is 6.11. The number of nitrogens with zero attached hydrogens (tertiary/aromatic N) is 1. The second-order valence-electron chi connectivity index (χ2n) is 6.11. The number of carbonyl (C=O) groups is 1. The summed E-state index contributed by atoms with van der Waals surface area (Å²) >= 11 is 0. The number of rotatable bonds is 5. The summed E-state index contributed by atoms with van der Waals surface area (Å²) in [4.78, 5) is 14.5. The van der Waals surface area contributed by atoms with Crippen molar-refractivity contribution in [3.05, 3.63) is 59.6 Å². The van der Waals surface area contributed by atoms with Gasteiger partial charge in [-0.1, -0.05) is 6.07 Å². The number of piperidine rings is 1. The van der Waals surface area contributed by atoms with Gasteiger partial charge in [-0.25, -0.2) is 8.78 Å². The third-order valence-corrected chi connectivity index (χ3v) is 4.30. The molecule has 1 N–H and O–H groups in total. The minimum absolute atomic E-state index is 0.0691. The Labute approximate surface area is 139 Å². The molecule has 0 radical (unpaired) electrons. The van der Waals surface area contributed by atoms with Gasteiger partial charge in [0.2, 0.25) is 5.91 Å². The summed E-state index contributed by atoms with van der Waals surface area (Å²) in [7, 11) is 0. The van der Waals surface area contributed by atoms with Crippen LogP contribution in [0.1, 0.15) is 24.2 Å². The molecule has 24 heavy (non-hydrogen) atoms. The molecule has 3 rings (SSSR count). The maximum absolute atomic E-state index is 13.6. The van der Waals surface area contributed by atoms with E-state index in [9.17, 15) is 13.6 Å². The number of amides is 1. The summed E-state index contributed by atoms with van der Waals surface area (Å²) in [5, 5.41) is 2.76. The molecule has 1 atom stereocenters.